The van der Waals surface area contributed by atoms with E-state index in [4.69, 9.17) is 13.9 Å². The van der Waals surface area contributed by atoms with Gasteiger partial charge in [-0.05, 0) is 44.9 Å². The number of aryl methyl sites for hydroxylation is 1. The molecule has 2 heterocycles. The van der Waals surface area contributed by atoms with Gasteiger partial charge in [0, 0.05) is 18.1 Å². The van der Waals surface area contributed by atoms with Crippen molar-refractivity contribution < 1.29 is 13.9 Å². The predicted octanol–water partition coefficient (Wildman–Crippen LogP) is 5.10. The van der Waals surface area contributed by atoms with Crippen molar-refractivity contribution in [2.75, 3.05) is 6.54 Å². The second kappa shape index (κ2) is 7.78. The Hall–Kier alpha value is -2.63. The molecule has 0 radical (unpaired) electrons. The van der Waals surface area contributed by atoms with Gasteiger partial charge in [-0.2, -0.15) is 4.91 Å². The van der Waals surface area contributed by atoms with Crippen molar-refractivity contribution in [3.8, 4) is 11.5 Å². The van der Waals surface area contributed by atoms with Crippen LogP contribution in [0.25, 0.3) is 17.0 Å². The first-order valence-electron chi connectivity index (χ1n) is 9.73. The second-order valence-corrected chi connectivity index (χ2v) is 7.98. The molecule has 2 aromatic rings. The summed E-state index contributed by atoms with van der Waals surface area (Å²) in [5, 5.41) is 3.79. The number of nitroso groups, excluding NO2 is 1. The van der Waals surface area contributed by atoms with Gasteiger partial charge in [0.25, 0.3) is 0 Å². The summed E-state index contributed by atoms with van der Waals surface area (Å²) in [6.07, 6.45) is 5.38. The van der Waals surface area contributed by atoms with Crippen LogP contribution in [0, 0.1) is 10.8 Å². The van der Waals surface area contributed by atoms with Crippen LogP contribution in [0.3, 0.4) is 0 Å². The molecule has 6 nitrogen and oxygen atoms in total. The van der Waals surface area contributed by atoms with Gasteiger partial charge in [-0.15, -0.1) is 0 Å². The molecule has 0 fully saturated rings. The Kier molecular flexibility index (Phi) is 5.59. The van der Waals surface area contributed by atoms with Crippen LogP contribution in [-0.2, 0) is 6.42 Å². The van der Waals surface area contributed by atoms with Crippen molar-refractivity contribution in [1.29, 1.82) is 0 Å². The molecule has 0 amide bonds. The molecule has 0 N–H and O–H groups in total. The number of hydrogen-bond donors (Lipinski definition) is 0. The van der Waals surface area contributed by atoms with Crippen LogP contribution < -0.4 is 15.1 Å². The van der Waals surface area contributed by atoms with Crippen LogP contribution in [0.5, 0.6) is 11.5 Å². The van der Waals surface area contributed by atoms with Crippen LogP contribution >= 0.6 is 0 Å². The van der Waals surface area contributed by atoms with E-state index in [2.05, 4.69) is 12.1 Å². The molecule has 1 aliphatic rings. The molecule has 0 unspecified atom stereocenters. The fourth-order valence-corrected chi connectivity index (χ4v) is 3.36. The Bertz CT molecular complexity index is 973. The highest BCUT2D eigenvalue weighted by Crippen LogP contribution is 2.44. The Balaban J connectivity index is 2.21. The van der Waals surface area contributed by atoms with E-state index in [1.807, 2.05) is 39.8 Å². The van der Waals surface area contributed by atoms with Crippen molar-refractivity contribution >= 4 is 17.0 Å². The number of hydrogen-bond acceptors (Lipinski definition) is 6. The van der Waals surface area contributed by atoms with Crippen molar-refractivity contribution in [2.45, 2.75) is 59.2 Å². The van der Waals surface area contributed by atoms with Crippen molar-refractivity contribution in [3.05, 3.63) is 44.7 Å². The van der Waals surface area contributed by atoms with E-state index in [0.29, 0.717) is 17.1 Å². The molecule has 6 heteroatoms. The molecule has 0 aliphatic carbocycles. The average molecular weight is 385 g/mol. The molecule has 1 aromatic carbocycles. The summed E-state index contributed by atoms with van der Waals surface area (Å²) in [5.41, 5.74) is 1.30. The van der Waals surface area contributed by atoms with Gasteiger partial charge < -0.3 is 13.9 Å². The van der Waals surface area contributed by atoms with Crippen LogP contribution in [0.2, 0.25) is 0 Å². The molecule has 0 saturated heterocycles. The Morgan fingerprint density at radius 2 is 2.00 bits per heavy atom. The van der Waals surface area contributed by atoms with Gasteiger partial charge in [-0.1, -0.05) is 25.4 Å². The minimum Gasteiger partial charge on any atom is -0.489 e. The van der Waals surface area contributed by atoms with Crippen LogP contribution in [0.4, 0.5) is 0 Å². The normalized spacial score (nSPS) is 16.9. The van der Waals surface area contributed by atoms with Gasteiger partial charge >= 0.3 is 5.63 Å². The molecular weight excluding hydrogens is 358 g/mol. The SMILES string of the molecule is CCCc1cc(=O)oc2cc(O[C@H](C)[C@@H](C)CN=O)c3c(c12)OC(C)(C)C=C3. The minimum absolute atomic E-state index is 0.0489. The first kappa shape index (κ1) is 20.1. The van der Waals surface area contributed by atoms with Gasteiger partial charge in [0.2, 0.25) is 0 Å². The third-order valence-electron chi connectivity index (χ3n) is 5.08. The summed E-state index contributed by atoms with van der Waals surface area (Å²) in [7, 11) is 0. The van der Waals surface area contributed by atoms with Crippen LogP contribution in [0.15, 0.2) is 32.6 Å². The first-order chi connectivity index (χ1) is 13.3. The third-order valence-corrected chi connectivity index (χ3v) is 5.08. The summed E-state index contributed by atoms with van der Waals surface area (Å²) in [4.78, 5) is 22.7. The van der Waals surface area contributed by atoms with E-state index < -0.39 is 5.60 Å². The molecule has 0 spiro atoms. The maximum Gasteiger partial charge on any atom is 0.336 e. The molecule has 150 valence electrons. The molecule has 1 aromatic heterocycles. The highest BCUT2D eigenvalue weighted by Gasteiger charge is 2.29. The smallest absolute Gasteiger partial charge is 0.336 e. The van der Waals surface area contributed by atoms with Crippen LogP contribution in [-0.4, -0.2) is 18.2 Å². The Labute approximate surface area is 164 Å². The zero-order valence-corrected chi connectivity index (χ0v) is 17.1. The van der Waals surface area contributed by atoms with Crippen molar-refractivity contribution in [2.24, 2.45) is 11.1 Å². The maximum absolute atomic E-state index is 12.1. The van der Waals surface area contributed by atoms with Gasteiger partial charge in [0.15, 0.2) is 0 Å². The summed E-state index contributed by atoms with van der Waals surface area (Å²) >= 11 is 0. The van der Waals surface area contributed by atoms with E-state index in [9.17, 15) is 9.70 Å². The summed E-state index contributed by atoms with van der Waals surface area (Å²) in [5.74, 6) is 1.18. The minimum atomic E-state index is -0.488. The Morgan fingerprint density at radius 3 is 2.68 bits per heavy atom. The van der Waals surface area contributed by atoms with Gasteiger partial charge in [-0.3, -0.25) is 0 Å². The average Bonchev–Trinajstić information content (AvgIpc) is 2.60. The van der Waals surface area contributed by atoms with E-state index in [1.165, 1.54) is 0 Å². The van der Waals surface area contributed by atoms with Crippen molar-refractivity contribution in [3.63, 3.8) is 0 Å². The zero-order valence-electron chi connectivity index (χ0n) is 17.1. The third kappa shape index (κ3) is 3.96. The molecule has 0 saturated carbocycles. The topological polar surface area (TPSA) is 78.1 Å². The molecular formula is C22H27NO5. The van der Waals surface area contributed by atoms with E-state index >= 15 is 0 Å². The largest absolute Gasteiger partial charge is 0.489 e. The zero-order chi connectivity index (χ0) is 20.5. The number of fused-ring (bicyclic) bond motifs is 3. The first-order valence-corrected chi connectivity index (χ1v) is 9.73. The monoisotopic (exact) mass is 385 g/mol. The fraction of sp³-hybridized carbons (Fsp3) is 0.500. The molecule has 3 rings (SSSR count). The van der Waals surface area contributed by atoms with E-state index in [0.717, 1.165) is 29.4 Å². The van der Waals surface area contributed by atoms with E-state index in [1.54, 1.807) is 12.1 Å². The lowest BCUT2D eigenvalue weighted by molar-refractivity contribution is 0.151. The Morgan fingerprint density at radius 1 is 1.25 bits per heavy atom. The number of benzene rings is 1. The van der Waals surface area contributed by atoms with Crippen LogP contribution in [0.1, 0.15) is 52.2 Å². The summed E-state index contributed by atoms with van der Waals surface area (Å²) < 4.78 is 17.9. The molecule has 1 aliphatic heterocycles. The number of rotatable bonds is 7. The lowest BCUT2D eigenvalue weighted by Gasteiger charge is -2.31. The maximum atomic E-state index is 12.1. The van der Waals surface area contributed by atoms with Gasteiger partial charge in [-0.25, -0.2) is 4.79 Å². The fourth-order valence-electron chi connectivity index (χ4n) is 3.36. The second-order valence-electron chi connectivity index (χ2n) is 7.98. The lowest BCUT2D eigenvalue weighted by Crippen LogP contribution is -2.29. The van der Waals surface area contributed by atoms with Gasteiger partial charge in [0.1, 0.15) is 28.8 Å². The molecule has 28 heavy (non-hydrogen) atoms. The lowest BCUT2D eigenvalue weighted by atomic mass is 9.96. The van der Waals surface area contributed by atoms with E-state index in [-0.39, 0.29) is 24.2 Å². The van der Waals surface area contributed by atoms with Gasteiger partial charge in [0.05, 0.1) is 17.5 Å². The van der Waals surface area contributed by atoms with Crippen molar-refractivity contribution in [1.82, 2.24) is 0 Å². The molecule has 0 bridgehead atoms. The molecule has 2 atom stereocenters. The number of nitrogens with zero attached hydrogens (tertiary/aromatic N) is 1. The quantitative estimate of drug-likeness (QED) is 0.489. The standard InChI is InChI=1S/C22H27NO5/c1-6-7-15-10-19(24)27-18-11-17(26-14(3)13(2)12-23-25)16-8-9-22(4,5)28-21(16)20(15)18/h8-11,13-14H,6-7,12H2,1-5H3/t13-,14+/m0/s1. The highest BCUT2D eigenvalue weighted by molar-refractivity contribution is 5.94. The highest BCUT2D eigenvalue weighted by atomic mass is 16.5. The summed E-state index contributed by atoms with van der Waals surface area (Å²) in [6, 6.07) is 3.29. The predicted molar refractivity (Wildman–Crippen MR) is 110 cm³/mol. The number of ether oxygens (including phenoxy) is 2. The summed E-state index contributed by atoms with van der Waals surface area (Å²) in [6.45, 7) is 10.0.